The van der Waals surface area contributed by atoms with Crippen LogP contribution in [0.5, 0.6) is 0 Å². The van der Waals surface area contributed by atoms with E-state index >= 15 is 0 Å². The molecule has 0 aliphatic carbocycles. The topological polar surface area (TPSA) is 80.4 Å². The Bertz CT molecular complexity index is 832. The third kappa shape index (κ3) is 6.77. The average molecular weight is 460 g/mol. The van der Waals surface area contributed by atoms with Crippen molar-refractivity contribution in [3.05, 3.63) is 35.9 Å². The molecule has 2 fully saturated rings. The van der Waals surface area contributed by atoms with Crippen LogP contribution in [0.2, 0.25) is 0 Å². The Morgan fingerprint density at radius 1 is 1.18 bits per heavy atom. The largest absolute Gasteiger partial charge is 0.389 e. The summed E-state index contributed by atoms with van der Waals surface area (Å²) in [7, 11) is 0. The van der Waals surface area contributed by atoms with Gasteiger partial charge in [-0.1, -0.05) is 35.5 Å². The Labute approximate surface area is 196 Å². The van der Waals surface area contributed by atoms with E-state index in [4.69, 9.17) is 18.7 Å². The second-order valence-corrected chi connectivity index (χ2v) is 9.15. The van der Waals surface area contributed by atoms with Gasteiger partial charge < -0.3 is 28.7 Å². The van der Waals surface area contributed by atoms with Crippen LogP contribution < -0.4 is 4.90 Å². The maximum atomic E-state index is 10.7. The van der Waals surface area contributed by atoms with Crippen molar-refractivity contribution in [1.29, 1.82) is 0 Å². The van der Waals surface area contributed by atoms with Gasteiger partial charge in [-0.05, 0) is 26.7 Å². The lowest BCUT2D eigenvalue weighted by atomic mass is 10.1. The zero-order chi connectivity index (χ0) is 23.0. The predicted molar refractivity (Wildman–Crippen MR) is 126 cm³/mol. The molecular formula is C25H37N3O5. The minimum atomic E-state index is -0.583. The lowest BCUT2D eigenvalue weighted by Crippen LogP contribution is -2.40. The first kappa shape index (κ1) is 24.2. The van der Waals surface area contributed by atoms with Crippen molar-refractivity contribution >= 4 is 5.88 Å². The van der Waals surface area contributed by atoms with Crippen molar-refractivity contribution < 1.29 is 23.8 Å². The molecule has 8 nitrogen and oxygen atoms in total. The van der Waals surface area contributed by atoms with E-state index in [1.807, 2.05) is 32.0 Å². The van der Waals surface area contributed by atoms with Crippen LogP contribution in [-0.4, -0.2) is 86.1 Å². The highest BCUT2D eigenvalue weighted by atomic mass is 16.5. The van der Waals surface area contributed by atoms with Crippen molar-refractivity contribution in [2.75, 3.05) is 57.5 Å². The monoisotopic (exact) mass is 459 g/mol. The zero-order valence-electron chi connectivity index (χ0n) is 19.8. The number of benzene rings is 1. The molecule has 0 amide bonds. The van der Waals surface area contributed by atoms with Gasteiger partial charge in [-0.3, -0.25) is 4.90 Å². The number of hydrogen-bond acceptors (Lipinski definition) is 8. The number of hydrogen-bond donors (Lipinski definition) is 1. The van der Waals surface area contributed by atoms with Gasteiger partial charge in [-0.25, -0.2) is 0 Å². The fourth-order valence-electron chi connectivity index (χ4n) is 4.44. The second kappa shape index (κ2) is 11.9. The van der Waals surface area contributed by atoms with Gasteiger partial charge in [-0.15, -0.1) is 0 Å². The Morgan fingerprint density at radius 3 is 2.67 bits per heavy atom. The standard InChI is InChI=1S/C25H37N3O5/c1-19(2)32-18-21(29)15-27(16-22-9-6-12-31-22)17-23-24(20-7-4-3-5-8-20)26-33-25(23)28-10-13-30-14-11-28/h3-5,7-8,19,21-22,29H,6,9-18H2,1-2H3. The van der Waals surface area contributed by atoms with Crippen molar-refractivity contribution in [2.45, 2.75) is 51.5 Å². The lowest BCUT2D eigenvalue weighted by Gasteiger charge is -2.30. The minimum Gasteiger partial charge on any atom is -0.389 e. The summed E-state index contributed by atoms with van der Waals surface area (Å²) in [6.45, 7) is 9.82. The summed E-state index contributed by atoms with van der Waals surface area (Å²) < 4.78 is 23.0. The molecule has 0 spiro atoms. The first-order valence-electron chi connectivity index (χ1n) is 12.1. The zero-order valence-corrected chi connectivity index (χ0v) is 19.8. The van der Waals surface area contributed by atoms with E-state index in [-0.39, 0.29) is 12.2 Å². The van der Waals surface area contributed by atoms with Gasteiger partial charge in [0, 0.05) is 44.9 Å². The summed E-state index contributed by atoms with van der Waals surface area (Å²) in [5, 5.41) is 15.2. The maximum Gasteiger partial charge on any atom is 0.232 e. The molecule has 182 valence electrons. The molecule has 2 saturated heterocycles. The highest BCUT2D eigenvalue weighted by Gasteiger charge is 2.28. The van der Waals surface area contributed by atoms with Gasteiger partial charge in [0.2, 0.25) is 5.88 Å². The van der Waals surface area contributed by atoms with E-state index in [2.05, 4.69) is 27.1 Å². The molecule has 1 aromatic heterocycles. The molecule has 1 N–H and O–H groups in total. The van der Waals surface area contributed by atoms with Crippen LogP contribution >= 0.6 is 0 Å². The fraction of sp³-hybridized carbons (Fsp3) is 0.640. The number of ether oxygens (including phenoxy) is 3. The van der Waals surface area contributed by atoms with E-state index in [1.54, 1.807) is 0 Å². The number of aromatic nitrogens is 1. The van der Waals surface area contributed by atoms with E-state index in [1.165, 1.54) is 0 Å². The van der Waals surface area contributed by atoms with Crippen molar-refractivity contribution in [3.8, 4) is 11.3 Å². The van der Waals surface area contributed by atoms with Gasteiger partial charge >= 0.3 is 0 Å². The molecule has 33 heavy (non-hydrogen) atoms. The van der Waals surface area contributed by atoms with Crippen LogP contribution in [-0.2, 0) is 20.8 Å². The average Bonchev–Trinajstić information content (AvgIpc) is 3.49. The third-order valence-corrected chi connectivity index (χ3v) is 6.07. The van der Waals surface area contributed by atoms with Crippen LogP contribution in [0.25, 0.3) is 11.3 Å². The van der Waals surface area contributed by atoms with Crippen molar-refractivity contribution in [3.63, 3.8) is 0 Å². The normalized spacial score (nSPS) is 20.2. The summed E-state index contributed by atoms with van der Waals surface area (Å²) in [5.74, 6) is 0.794. The molecule has 2 atom stereocenters. The van der Waals surface area contributed by atoms with Gasteiger partial charge in [0.25, 0.3) is 0 Å². The van der Waals surface area contributed by atoms with Gasteiger partial charge in [0.05, 0.1) is 43.7 Å². The second-order valence-electron chi connectivity index (χ2n) is 9.15. The first-order valence-corrected chi connectivity index (χ1v) is 12.1. The Kier molecular flexibility index (Phi) is 8.75. The number of aliphatic hydroxyl groups excluding tert-OH is 1. The molecule has 0 saturated carbocycles. The first-order chi connectivity index (χ1) is 16.1. The van der Waals surface area contributed by atoms with E-state index in [0.717, 1.165) is 61.8 Å². The Balaban J connectivity index is 1.58. The lowest BCUT2D eigenvalue weighted by molar-refractivity contribution is -0.0172. The van der Waals surface area contributed by atoms with E-state index < -0.39 is 6.10 Å². The summed E-state index contributed by atoms with van der Waals surface area (Å²) in [6.07, 6.45) is 1.80. The smallest absolute Gasteiger partial charge is 0.232 e. The number of rotatable bonds is 11. The molecule has 2 aliphatic rings. The van der Waals surface area contributed by atoms with Crippen LogP contribution in [0.4, 0.5) is 5.88 Å². The summed E-state index contributed by atoms with van der Waals surface area (Å²) in [5.41, 5.74) is 2.91. The van der Waals surface area contributed by atoms with Gasteiger partial charge in [0.15, 0.2) is 0 Å². The summed E-state index contributed by atoms with van der Waals surface area (Å²) in [6, 6.07) is 10.1. The van der Waals surface area contributed by atoms with Crippen molar-refractivity contribution in [2.24, 2.45) is 0 Å². The SMILES string of the molecule is CC(C)OCC(O)CN(Cc1c(-c2ccccc2)noc1N1CCOCC1)CC1CCCO1. The molecular weight excluding hydrogens is 422 g/mol. The van der Waals surface area contributed by atoms with Crippen LogP contribution in [0, 0.1) is 0 Å². The summed E-state index contributed by atoms with van der Waals surface area (Å²) >= 11 is 0. The molecule has 8 heteroatoms. The van der Waals surface area contributed by atoms with Crippen LogP contribution in [0.3, 0.4) is 0 Å². The molecule has 0 bridgehead atoms. The molecule has 1 aromatic carbocycles. The van der Waals surface area contributed by atoms with Crippen LogP contribution in [0.1, 0.15) is 32.3 Å². The van der Waals surface area contributed by atoms with Crippen LogP contribution in [0.15, 0.2) is 34.9 Å². The number of morpholine rings is 1. The molecule has 2 aliphatic heterocycles. The highest BCUT2D eigenvalue weighted by molar-refractivity contribution is 5.68. The maximum absolute atomic E-state index is 10.7. The number of aliphatic hydroxyl groups is 1. The van der Waals surface area contributed by atoms with Gasteiger partial charge in [0.1, 0.15) is 5.69 Å². The molecule has 2 unspecified atom stereocenters. The fourth-order valence-corrected chi connectivity index (χ4v) is 4.44. The minimum absolute atomic E-state index is 0.0851. The van der Waals surface area contributed by atoms with Gasteiger partial charge in [-0.2, -0.15) is 0 Å². The molecule has 3 heterocycles. The molecule has 4 rings (SSSR count). The number of anilines is 1. The molecule has 0 radical (unpaired) electrons. The van der Waals surface area contributed by atoms with E-state index in [9.17, 15) is 5.11 Å². The summed E-state index contributed by atoms with van der Waals surface area (Å²) in [4.78, 5) is 4.47. The van der Waals surface area contributed by atoms with E-state index in [0.29, 0.717) is 32.9 Å². The quantitative estimate of drug-likeness (QED) is 0.549. The molecule has 2 aromatic rings. The van der Waals surface area contributed by atoms with Crippen molar-refractivity contribution in [1.82, 2.24) is 10.1 Å². The third-order valence-electron chi connectivity index (χ3n) is 6.07. The Hall–Kier alpha value is -1.97. The Morgan fingerprint density at radius 2 is 1.97 bits per heavy atom. The highest BCUT2D eigenvalue weighted by Crippen LogP contribution is 2.33. The number of nitrogens with zero attached hydrogens (tertiary/aromatic N) is 3. The predicted octanol–water partition coefficient (Wildman–Crippen LogP) is 2.95.